The first kappa shape index (κ1) is 16.0. The molecule has 0 heterocycles. The van der Waals surface area contributed by atoms with E-state index in [9.17, 15) is 0 Å². The third-order valence-corrected chi connectivity index (χ3v) is 3.34. The third kappa shape index (κ3) is 6.09. The number of para-hydroxylation sites is 1. The first-order valence-corrected chi connectivity index (χ1v) is 7.56. The van der Waals surface area contributed by atoms with Crippen molar-refractivity contribution in [2.75, 3.05) is 13.2 Å². The number of nitrogens with one attached hydrogen (secondary N) is 1. The number of hydrogen-bond donors (Lipinski definition) is 1. The predicted octanol–water partition coefficient (Wildman–Crippen LogP) is 4.02. The highest BCUT2D eigenvalue weighted by atomic mass is 79.9. The summed E-state index contributed by atoms with van der Waals surface area (Å²) in [7, 11) is 0. The molecule has 0 unspecified atom stereocenters. The second-order valence-electron chi connectivity index (χ2n) is 4.37. The Morgan fingerprint density at radius 1 is 1.37 bits per heavy atom. The number of rotatable bonds is 9. The summed E-state index contributed by atoms with van der Waals surface area (Å²) in [5.74, 6) is 0.920. The lowest BCUT2D eigenvalue weighted by atomic mass is 10.2. The molecule has 0 saturated carbocycles. The summed E-state index contributed by atoms with van der Waals surface area (Å²) in [5.41, 5.74) is 1.17. The van der Waals surface area contributed by atoms with E-state index in [1.807, 2.05) is 12.1 Å². The molecular weight excluding hydrogens is 304 g/mol. The van der Waals surface area contributed by atoms with Crippen LogP contribution in [0.3, 0.4) is 0 Å². The van der Waals surface area contributed by atoms with Crippen molar-refractivity contribution < 1.29 is 4.74 Å². The van der Waals surface area contributed by atoms with Gasteiger partial charge in [-0.15, -0.1) is 0 Å². The lowest BCUT2D eigenvalue weighted by molar-refractivity contribution is 0.302. The zero-order chi connectivity index (χ0) is 13.9. The van der Waals surface area contributed by atoms with Crippen LogP contribution in [0.2, 0.25) is 0 Å². The highest BCUT2D eigenvalue weighted by molar-refractivity contribution is 9.10. The highest BCUT2D eigenvalue weighted by Crippen LogP contribution is 2.29. The number of unbranched alkanes of at least 4 members (excludes halogenated alkanes) is 2. The second kappa shape index (κ2) is 9.82. The van der Waals surface area contributed by atoms with E-state index < -0.39 is 0 Å². The van der Waals surface area contributed by atoms with Crippen LogP contribution in [0.5, 0.6) is 5.75 Å². The average Bonchev–Trinajstić information content (AvgIpc) is 2.41. The molecule has 1 aromatic carbocycles. The van der Waals surface area contributed by atoms with Gasteiger partial charge in [-0.3, -0.25) is 0 Å². The zero-order valence-corrected chi connectivity index (χ0v) is 13.0. The Kier molecular flexibility index (Phi) is 8.28. The van der Waals surface area contributed by atoms with Gasteiger partial charge in [0.1, 0.15) is 5.75 Å². The Morgan fingerprint density at radius 3 is 2.95 bits per heavy atom. The van der Waals surface area contributed by atoms with Crippen LogP contribution < -0.4 is 10.1 Å². The lowest BCUT2D eigenvalue weighted by Crippen LogP contribution is -2.15. The maximum Gasteiger partial charge on any atom is 0.137 e. The van der Waals surface area contributed by atoms with Gasteiger partial charge in [0, 0.05) is 18.5 Å². The van der Waals surface area contributed by atoms with E-state index in [1.165, 1.54) is 5.56 Å². The van der Waals surface area contributed by atoms with E-state index in [0.717, 1.165) is 42.6 Å². The van der Waals surface area contributed by atoms with Crippen molar-refractivity contribution in [1.82, 2.24) is 5.32 Å². The summed E-state index contributed by atoms with van der Waals surface area (Å²) in [5, 5.41) is 11.9. The Hall–Kier alpha value is -1.05. The molecule has 0 aromatic heterocycles. The fraction of sp³-hybridized carbons (Fsp3) is 0.533. The van der Waals surface area contributed by atoms with Gasteiger partial charge in [-0.25, -0.2) is 0 Å². The van der Waals surface area contributed by atoms with Gasteiger partial charge >= 0.3 is 0 Å². The Balaban J connectivity index is 2.51. The summed E-state index contributed by atoms with van der Waals surface area (Å²) in [6, 6.07) is 8.25. The largest absolute Gasteiger partial charge is 0.492 e. The average molecular weight is 325 g/mol. The summed E-state index contributed by atoms with van der Waals surface area (Å²) in [4.78, 5) is 0. The van der Waals surface area contributed by atoms with E-state index in [0.29, 0.717) is 13.0 Å². The summed E-state index contributed by atoms with van der Waals surface area (Å²) >= 11 is 3.53. The van der Waals surface area contributed by atoms with Gasteiger partial charge in [-0.05, 0) is 47.8 Å². The number of hydrogen-bond acceptors (Lipinski definition) is 3. The molecule has 0 aliphatic heterocycles. The fourth-order valence-electron chi connectivity index (χ4n) is 1.73. The molecule has 0 saturated heterocycles. The van der Waals surface area contributed by atoms with Crippen molar-refractivity contribution in [2.45, 2.75) is 39.2 Å². The Labute approximate surface area is 124 Å². The maximum absolute atomic E-state index is 8.48. The Morgan fingerprint density at radius 2 is 2.21 bits per heavy atom. The van der Waals surface area contributed by atoms with E-state index in [-0.39, 0.29) is 0 Å². The third-order valence-electron chi connectivity index (χ3n) is 2.72. The van der Waals surface area contributed by atoms with Crippen LogP contribution >= 0.6 is 15.9 Å². The molecule has 3 nitrogen and oxygen atoms in total. The topological polar surface area (TPSA) is 45.0 Å². The standard InChI is InChI=1S/C15H21BrN2O/c1-2-10-18-12-13-7-6-8-14(16)15(13)19-11-5-3-4-9-17/h6-8,18H,2-5,10-12H2,1H3. The second-order valence-corrected chi connectivity index (χ2v) is 5.22. The van der Waals surface area contributed by atoms with Gasteiger partial charge in [0.15, 0.2) is 0 Å². The van der Waals surface area contributed by atoms with Crippen LogP contribution in [-0.4, -0.2) is 13.2 Å². The molecular formula is C15H21BrN2O. The summed E-state index contributed by atoms with van der Waals surface area (Å²) < 4.78 is 6.84. The first-order valence-electron chi connectivity index (χ1n) is 6.77. The van der Waals surface area contributed by atoms with Gasteiger partial charge in [-0.2, -0.15) is 5.26 Å². The normalized spacial score (nSPS) is 10.2. The minimum absolute atomic E-state index is 0.601. The molecule has 19 heavy (non-hydrogen) atoms. The lowest BCUT2D eigenvalue weighted by Gasteiger charge is -2.13. The monoisotopic (exact) mass is 324 g/mol. The maximum atomic E-state index is 8.48. The molecule has 0 aliphatic carbocycles. The van der Waals surface area contributed by atoms with Crippen LogP contribution in [0.15, 0.2) is 22.7 Å². The molecule has 0 radical (unpaired) electrons. The summed E-state index contributed by atoms with van der Waals surface area (Å²) in [6.45, 7) is 4.64. The van der Waals surface area contributed by atoms with E-state index in [4.69, 9.17) is 10.00 Å². The molecule has 4 heteroatoms. The van der Waals surface area contributed by atoms with Crippen molar-refractivity contribution in [3.05, 3.63) is 28.2 Å². The Bertz CT molecular complexity index is 415. The van der Waals surface area contributed by atoms with E-state index >= 15 is 0 Å². The molecule has 1 aromatic rings. The van der Waals surface area contributed by atoms with Crippen molar-refractivity contribution in [1.29, 1.82) is 5.26 Å². The highest BCUT2D eigenvalue weighted by Gasteiger charge is 2.07. The van der Waals surface area contributed by atoms with Gasteiger partial charge in [0.25, 0.3) is 0 Å². The van der Waals surface area contributed by atoms with Crippen molar-refractivity contribution in [2.24, 2.45) is 0 Å². The molecule has 0 aliphatic rings. The quantitative estimate of drug-likeness (QED) is 0.698. The summed E-state index contributed by atoms with van der Waals surface area (Å²) in [6.07, 6.45) is 3.53. The molecule has 0 fully saturated rings. The van der Waals surface area contributed by atoms with Crippen LogP contribution in [0, 0.1) is 11.3 Å². The molecule has 0 amide bonds. The first-order chi connectivity index (χ1) is 9.29. The molecule has 1 rings (SSSR count). The number of halogens is 1. The van der Waals surface area contributed by atoms with Crippen LogP contribution in [-0.2, 0) is 6.54 Å². The van der Waals surface area contributed by atoms with Gasteiger partial charge < -0.3 is 10.1 Å². The van der Waals surface area contributed by atoms with Gasteiger partial charge in [-0.1, -0.05) is 19.1 Å². The minimum Gasteiger partial charge on any atom is -0.492 e. The number of benzene rings is 1. The number of nitrogens with zero attached hydrogens (tertiary/aromatic N) is 1. The van der Waals surface area contributed by atoms with Crippen LogP contribution in [0.25, 0.3) is 0 Å². The SMILES string of the molecule is CCCNCc1cccc(Br)c1OCCCCC#N. The predicted molar refractivity (Wildman–Crippen MR) is 81.1 cm³/mol. The van der Waals surface area contributed by atoms with Crippen LogP contribution in [0.4, 0.5) is 0 Å². The smallest absolute Gasteiger partial charge is 0.137 e. The van der Waals surface area contributed by atoms with Crippen molar-refractivity contribution in [3.63, 3.8) is 0 Å². The minimum atomic E-state index is 0.601. The molecule has 0 atom stereocenters. The molecule has 0 bridgehead atoms. The molecule has 1 N–H and O–H groups in total. The van der Waals surface area contributed by atoms with Gasteiger partial charge in [0.05, 0.1) is 17.1 Å². The van der Waals surface area contributed by atoms with E-state index in [1.54, 1.807) is 0 Å². The van der Waals surface area contributed by atoms with E-state index in [2.05, 4.69) is 40.3 Å². The fourth-order valence-corrected chi connectivity index (χ4v) is 2.26. The van der Waals surface area contributed by atoms with Crippen LogP contribution in [0.1, 0.15) is 38.2 Å². The number of nitriles is 1. The van der Waals surface area contributed by atoms with Gasteiger partial charge in [0.2, 0.25) is 0 Å². The number of ether oxygens (including phenoxy) is 1. The van der Waals surface area contributed by atoms with Crippen molar-refractivity contribution in [3.8, 4) is 11.8 Å². The molecule has 104 valence electrons. The van der Waals surface area contributed by atoms with Crippen molar-refractivity contribution >= 4 is 15.9 Å². The zero-order valence-electron chi connectivity index (χ0n) is 11.4. The molecule has 0 spiro atoms.